The van der Waals surface area contributed by atoms with Crippen LogP contribution in [0.1, 0.15) is 36.4 Å². The van der Waals surface area contributed by atoms with Gasteiger partial charge in [-0.25, -0.2) is 8.42 Å². The molecule has 2 aromatic rings. The van der Waals surface area contributed by atoms with Crippen LogP contribution in [0, 0.1) is 0 Å². The van der Waals surface area contributed by atoms with Crippen LogP contribution in [-0.2, 0) is 30.9 Å². The summed E-state index contributed by atoms with van der Waals surface area (Å²) in [6.45, 7) is 2.27. The Morgan fingerprint density at radius 1 is 0.970 bits per heavy atom. The summed E-state index contributed by atoms with van der Waals surface area (Å²) < 4.78 is 32.2. The number of benzene rings is 2. The summed E-state index contributed by atoms with van der Waals surface area (Å²) in [4.78, 5) is 27.6. The molecule has 9 heteroatoms. The summed E-state index contributed by atoms with van der Waals surface area (Å²) in [5, 5.41) is 2.93. The molecule has 2 heterocycles. The minimum Gasteiger partial charge on any atom is -0.379 e. The lowest BCUT2D eigenvalue weighted by Crippen LogP contribution is -2.45. The van der Waals surface area contributed by atoms with E-state index in [9.17, 15) is 18.0 Å². The van der Waals surface area contributed by atoms with E-state index in [2.05, 4.69) is 5.32 Å². The zero-order valence-corrected chi connectivity index (χ0v) is 19.3. The number of carbonyl (C=O) groups excluding carboxylic acids is 2. The first-order valence-electron chi connectivity index (χ1n) is 11.3. The van der Waals surface area contributed by atoms with Crippen LogP contribution in [0.4, 0.5) is 0 Å². The normalized spacial score (nSPS) is 18.7. The standard InChI is InChI=1S/C24H29N3O5S/c28-22-8-4-5-13-27(22)23(20-6-2-1-3-7-20)24(29)25-18-19-9-11-21(12-10-19)33(30,31)26-14-16-32-17-15-26/h1-3,6-7,9-12,23H,4-5,8,13-18H2,(H,25,29). The van der Waals surface area contributed by atoms with E-state index in [0.29, 0.717) is 39.3 Å². The number of nitrogens with zero attached hydrogens (tertiary/aromatic N) is 2. The third kappa shape index (κ3) is 5.43. The molecule has 4 rings (SSSR count). The Balaban J connectivity index is 1.44. The lowest BCUT2D eigenvalue weighted by Gasteiger charge is -2.34. The maximum atomic E-state index is 13.2. The molecule has 8 nitrogen and oxygen atoms in total. The number of morpholine rings is 1. The van der Waals surface area contributed by atoms with E-state index in [1.165, 1.54) is 4.31 Å². The third-order valence-electron chi connectivity index (χ3n) is 6.03. The molecular weight excluding hydrogens is 442 g/mol. The number of hydrogen-bond donors (Lipinski definition) is 1. The second-order valence-electron chi connectivity index (χ2n) is 8.24. The fourth-order valence-electron chi connectivity index (χ4n) is 4.21. The lowest BCUT2D eigenvalue weighted by molar-refractivity contribution is -0.142. The van der Waals surface area contributed by atoms with Crippen LogP contribution in [0.2, 0.25) is 0 Å². The molecule has 2 saturated heterocycles. The van der Waals surface area contributed by atoms with Crippen LogP contribution in [0.3, 0.4) is 0 Å². The van der Waals surface area contributed by atoms with Gasteiger partial charge in [-0.05, 0) is 36.1 Å². The Morgan fingerprint density at radius 2 is 1.67 bits per heavy atom. The molecule has 1 atom stereocenters. The predicted octanol–water partition coefficient (Wildman–Crippen LogP) is 2.08. The molecule has 1 N–H and O–H groups in total. The first kappa shape index (κ1) is 23.4. The van der Waals surface area contributed by atoms with Crippen molar-refractivity contribution in [3.05, 3.63) is 65.7 Å². The number of ether oxygens (including phenoxy) is 1. The van der Waals surface area contributed by atoms with E-state index in [1.54, 1.807) is 29.2 Å². The van der Waals surface area contributed by atoms with Crippen molar-refractivity contribution in [1.82, 2.24) is 14.5 Å². The minimum absolute atomic E-state index is 0.0112. The number of carbonyl (C=O) groups is 2. The van der Waals surface area contributed by atoms with E-state index in [-0.39, 0.29) is 23.3 Å². The van der Waals surface area contributed by atoms with Crippen molar-refractivity contribution in [3.63, 3.8) is 0 Å². The van der Waals surface area contributed by atoms with Gasteiger partial charge in [-0.2, -0.15) is 4.31 Å². The average molecular weight is 472 g/mol. The lowest BCUT2D eigenvalue weighted by atomic mass is 10.0. The Hall–Kier alpha value is -2.75. The van der Waals surface area contributed by atoms with E-state index < -0.39 is 16.1 Å². The Labute approximate surface area is 194 Å². The number of likely N-dealkylation sites (tertiary alicyclic amines) is 1. The summed E-state index contributed by atoms with van der Waals surface area (Å²) in [6, 6.07) is 15.2. The van der Waals surface area contributed by atoms with E-state index >= 15 is 0 Å². The molecule has 0 spiro atoms. The number of sulfonamides is 1. The number of rotatable bonds is 7. The quantitative estimate of drug-likeness (QED) is 0.667. The van der Waals surface area contributed by atoms with Crippen molar-refractivity contribution < 1.29 is 22.7 Å². The molecule has 0 aromatic heterocycles. The van der Waals surface area contributed by atoms with Gasteiger partial charge in [0.2, 0.25) is 21.8 Å². The van der Waals surface area contributed by atoms with Gasteiger partial charge < -0.3 is 15.0 Å². The van der Waals surface area contributed by atoms with E-state index in [1.807, 2.05) is 30.3 Å². The maximum absolute atomic E-state index is 13.2. The summed E-state index contributed by atoms with van der Waals surface area (Å²) in [7, 11) is -3.56. The number of hydrogen-bond acceptors (Lipinski definition) is 5. The molecule has 1 unspecified atom stereocenters. The highest BCUT2D eigenvalue weighted by Gasteiger charge is 2.32. The molecule has 2 aliphatic heterocycles. The molecule has 2 fully saturated rings. The molecule has 33 heavy (non-hydrogen) atoms. The second-order valence-corrected chi connectivity index (χ2v) is 10.2. The van der Waals surface area contributed by atoms with Gasteiger partial charge in [0.05, 0.1) is 18.1 Å². The summed E-state index contributed by atoms with van der Waals surface area (Å²) in [6.07, 6.45) is 2.18. The molecule has 0 saturated carbocycles. The molecule has 0 radical (unpaired) electrons. The van der Waals surface area contributed by atoms with Gasteiger partial charge >= 0.3 is 0 Å². The van der Waals surface area contributed by atoms with Crippen molar-refractivity contribution in [3.8, 4) is 0 Å². The average Bonchev–Trinajstić information content (AvgIpc) is 2.85. The van der Waals surface area contributed by atoms with Gasteiger partial charge in [0.25, 0.3) is 0 Å². The van der Waals surface area contributed by atoms with Gasteiger partial charge in [-0.1, -0.05) is 42.5 Å². The van der Waals surface area contributed by atoms with Crippen LogP contribution in [0.5, 0.6) is 0 Å². The highest BCUT2D eigenvalue weighted by molar-refractivity contribution is 7.89. The monoisotopic (exact) mass is 471 g/mol. The predicted molar refractivity (Wildman–Crippen MR) is 123 cm³/mol. The van der Waals surface area contributed by atoms with Gasteiger partial charge in [0.1, 0.15) is 6.04 Å². The first-order valence-corrected chi connectivity index (χ1v) is 12.7. The van der Waals surface area contributed by atoms with Crippen LogP contribution < -0.4 is 5.32 Å². The molecule has 2 amide bonds. The zero-order valence-electron chi connectivity index (χ0n) is 18.5. The molecule has 176 valence electrons. The smallest absolute Gasteiger partial charge is 0.247 e. The van der Waals surface area contributed by atoms with Crippen molar-refractivity contribution in [2.45, 2.75) is 36.7 Å². The number of nitrogens with one attached hydrogen (secondary N) is 1. The van der Waals surface area contributed by atoms with E-state index in [0.717, 1.165) is 24.0 Å². The highest BCUT2D eigenvalue weighted by Crippen LogP contribution is 2.26. The maximum Gasteiger partial charge on any atom is 0.247 e. The summed E-state index contributed by atoms with van der Waals surface area (Å²) >= 11 is 0. The second kappa shape index (κ2) is 10.5. The van der Waals surface area contributed by atoms with Crippen molar-refractivity contribution in [1.29, 1.82) is 0 Å². The van der Waals surface area contributed by atoms with Gasteiger partial charge in [0, 0.05) is 32.6 Å². The zero-order chi connectivity index (χ0) is 23.3. The Bertz CT molecular complexity index is 1070. The first-order chi connectivity index (χ1) is 16.0. The molecule has 0 aliphatic carbocycles. The van der Waals surface area contributed by atoms with Crippen LogP contribution in [-0.4, -0.2) is 62.3 Å². The third-order valence-corrected chi connectivity index (χ3v) is 7.95. The fourth-order valence-corrected chi connectivity index (χ4v) is 5.62. The summed E-state index contributed by atoms with van der Waals surface area (Å²) in [5.74, 6) is -0.260. The van der Waals surface area contributed by atoms with Crippen LogP contribution in [0.15, 0.2) is 59.5 Å². The largest absolute Gasteiger partial charge is 0.379 e. The molecular formula is C24H29N3O5S. The van der Waals surface area contributed by atoms with Crippen molar-refractivity contribution in [2.24, 2.45) is 0 Å². The molecule has 2 aromatic carbocycles. The number of piperidine rings is 1. The Kier molecular flexibility index (Phi) is 7.42. The minimum atomic E-state index is -3.56. The fraction of sp³-hybridized carbons (Fsp3) is 0.417. The van der Waals surface area contributed by atoms with Crippen molar-refractivity contribution in [2.75, 3.05) is 32.8 Å². The summed E-state index contributed by atoms with van der Waals surface area (Å²) in [5.41, 5.74) is 1.55. The number of amides is 2. The van der Waals surface area contributed by atoms with Gasteiger partial charge in [-0.3, -0.25) is 9.59 Å². The molecule has 2 aliphatic rings. The van der Waals surface area contributed by atoms with E-state index in [4.69, 9.17) is 4.74 Å². The van der Waals surface area contributed by atoms with Gasteiger partial charge in [-0.15, -0.1) is 0 Å². The topological polar surface area (TPSA) is 96.0 Å². The van der Waals surface area contributed by atoms with Gasteiger partial charge in [0.15, 0.2) is 0 Å². The molecule has 0 bridgehead atoms. The van der Waals surface area contributed by atoms with Crippen LogP contribution in [0.25, 0.3) is 0 Å². The highest BCUT2D eigenvalue weighted by atomic mass is 32.2. The Morgan fingerprint density at radius 3 is 2.33 bits per heavy atom. The van der Waals surface area contributed by atoms with Crippen molar-refractivity contribution >= 4 is 21.8 Å². The SMILES string of the molecule is O=C(NCc1ccc(S(=O)(=O)N2CCOCC2)cc1)C(c1ccccc1)N1CCCCC1=O. The van der Waals surface area contributed by atoms with Crippen LogP contribution >= 0.6 is 0 Å².